The average molecular weight is 221 g/mol. The third-order valence-electron chi connectivity index (χ3n) is 2.39. The summed E-state index contributed by atoms with van der Waals surface area (Å²) in [6, 6.07) is 8.02. The molecule has 0 unspecified atom stereocenters. The summed E-state index contributed by atoms with van der Waals surface area (Å²) < 4.78 is 0. The topological polar surface area (TPSA) is 20.3 Å². The van der Waals surface area contributed by atoms with Crippen LogP contribution in [0.2, 0.25) is 0 Å². The summed E-state index contributed by atoms with van der Waals surface area (Å²) in [6.07, 6.45) is 0. The minimum absolute atomic E-state index is 0.0677. The van der Waals surface area contributed by atoms with Gasteiger partial charge in [0.2, 0.25) is 5.91 Å². The Morgan fingerprint density at radius 1 is 1.19 bits per heavy atom. The van der Waals surface area contributed by atoms with Gasteiger partial charge in [0.1, 0.15) is 0 Å². The first-order valence-corrected chi connectivity index (χ1v) is 5.87. The first kappa shape index (κ1) is 14.7. The molecule has 0 aromatic heterocycles. The minimum Gasteiger partial charge on any atom is -0.315 e. The number of para-hydroxylation sites is 1. The van der Waals surface area contributed by atoms with Crippen LogP contribution in [-0.2, 0) is 4.79 Å². The maximum Gasteiger partial charge on any atom is 0.223 e. The predicted molar refractivity (Wildman–Crippen MR) is 71.0 cm³/mol. The average Bonchev–Trinajstić information content (AvgIpc) is 2.30. The molecule has 90 valence electrons. The van der Waals surface area contributed by atoms with Crippen LogP contribution in [-0.4, -0.2) is 13.0 Å². The van der Waals surface area contributed by atoms with E-state index in [-0.39, 0.29) is 5.91 Å². The van der Waals surface area contributed by atoms with Gasteiger partial charge in [0, 0.05) is 19.7 Å². The fraction of sp³-hybridized carbons (Fsp3) is 0.500. The van der Waals surface area contributed by atoms with Crippen LogP contribution in [0.5, 0.6) is 0 Å². The molecule has 2 heteroatoms. The lowest BCUT2D eigenvalue weighted by molar-refractivity contribution is -0.116. The van der Waals surface area contributed by atoms with E-state index in [0.717, 1.165) is 5.69 Å². The summed E-state index contributed by atoms with van der Waals surface area (Å²) in [5, 5.41) is 0. The zero-order valence-electron chi connectivity index (χ0n) is 11.2. The smallest absolute Gasteiger partial charge is 0.223 e. The lowest BCUT2D eigenvalue weighted by Crippen LogP contribution is -2.24. The van der Waals surface area contributed by atoms with Crippen molar-refractivity contribution in [3.05, 3.63) is 29.8 Å². The number of nitrogens with zero attached hydrogens (tertiary/aromatic N) is 1. The minimum atomic E-state index is 0.0677. The summed E-state index contributed by atoms with van der Waals surface area (Å²) in [4.78, 5) is 12.9. The van der Waals surface area contributed by atoms with Crippen LogP contribution in [0.25, 0.3) is 0 Å². The molecular weight excluding hydrogens is 198 g/mol. The Morgan fingerprint density at radius 2 is 1.69 bits per heavy atom. The van der Waals surface area contributed by atoms with Gasteiger partial charge in [-0.3, -0.25) is 4.79 Å². The zero-order valence-corrected chi connectivity index (χ0v) is 11.2. The number of carbonyl (C=O) groups excluding carboxylic acids is 1. The summed E-state index contributed by atoms with van der Waals surface area (Å²) in [5.41, 5.74) is 2.22. The van der Waals surface area contributed by atoms with Crippen LogP contribution >= 0.6 is 0 Å². The molecule has 0 bridgehead atoms. The molecule has 2 nitrogen and oxygen atoms in total. The van der Waals surface area contributed by atoms with E-state index in [4.69, 9.17) is 0 Å². The molecule has 1 aromatic carbocycles. The molecule has 0 saturated heterocycles. The highest BCUT2D eigenvalue weighted by Crippen LogP contribution is 2.26. The molecule has 1 aromatic rings. The Balaban J connectivity index is 0.00000106. The van der Waals surface area contributed by atoms with Crippen LogP contribution in [0, 0.1) is 0 Å². The molecule has 0 aliphatic carbocycles. The van der Waals surface area contributed by atoms with Gasteiger partial charge in [-0.15, -0.1) is 0 Å². The van der Waals surface area contributed by atoms with Crippen molar-refractivity contribution in [2.45, 2.75) is 40.5 Å². The Hall–Kier alpha value is -1.31. The molecule has 1 rings (SSSR count). The van der Waals surface area contributed by atoms with Gasteiger partial charge in [-0.2, -0.15) is 0 Å². The highest BCUT2D eigenvalue weighted by atomic mass is 16.2. The second-order valence-electron chi connectivity index (χ2n) is 3.79. The van der Waals surface area contributed by atoms with Gasteiger partial charge in [-0.25, -0.2) is 0 Å². The first-order chi connectivity index (χ1) is 7.54. The second-order valence-corrected chi connectivity index (χ2v) is 3.79. The van der Waals surface area contributed by atoms with Crippen molar-refractivity contribution in [2.24, 2.45) is 0 Å². The monoisotopic (exact) mass is 221 g/mol. The van der Waals surface area contributed by atoms with Crippen molar-refractivity contribution in [2.75, 3.05) is 11.9 Å². The molecule has 0 aliphatic rings. The Morgan fingerprint density at radius 3 is 2.12 bits per heavy atom. The molecule has 0 spiro atoms. The molecule has 0 fully saturated rings. The largest absolute Gasteiger partial charge is 0.315 e. The predicted octanol–water partition coefficient (Wildman–Crippen LogP) is 3.82. The molecule has 1 amide bonds. The van der Waals surface area contributed by atoms with Crippen molar-refractivity contribution >= 4 is 11.6 Å². The third-order valence-corrected chi connectivity index (χ3v) is 2.39. The van der Waals surface area contributed by atoms with E-state index in [0.29, 0.717) is 5.92 Å². The number of hydrogen-bond donors (Lipinski definition) is 0. The van der Waals surface area contributed by atoms with Gasteiger partial charge < -0.3 is 4.90 Å². The molecular formula is C14H23NO. The van der Waals surface area contributed by atoms with Gasteiger partial charge in [-0.1, -0.05) is 45.9 Å². The molecule has 0 radical (unpaired) electrons. The van der Waals surface area contributed by atoms with Gasteiger partial charge in [0.15, 0.2) is 0 Å². The molecule has 0 atom stereocenters. The van der Waals surface area contributed by atoms with Crippen molar-refractivity contribution in [1.82, 2.24) is 0 Å². The van der Waals surface area contributed by atoms with Crippen molar-refractivity contribution in [3.8, 4) is 0 Å². The van der Waals surface area contributed by atoms with E-state index in [1.54, 1.807) is 11.8 Å². The second kappa shape index (κ2) is 7.04. The SMILES string of the molecule is CC.CC(=O)N(C)c1ccccc1C(C)C. The molecule has 0 saturated carbocycles. The van der Waals surface area contributed by atoms with Crippen molar-refractivity contribution in [3.63, 3.8) is 0 Å². The molecule has 0 aliphatic heterocycles. The standard InChI is InChI=1S/C12H17NO.C2H6/c1-9(2)11-7-5-6-8-12(11)13(4)10(3)14;1-2/h5-9H,1-4H3;1-2H3. The zero-order chi connectivity index (χ0) is 12.7. The molecule has 0 N–H and O–H groups in total. The van der Waals surface area contributed by atoms with E-state index in [1.807, 2.05) is 39.1 Å². The fourth-order valence-corrected chi connectivity index (χ4v) is 1.45. The van der Waals surface area contributed by atoms with Crippen LogP contribution in [0.3, 0.4) is 0 Å². The van der Waals surface area contributed by atoms with Gasteiger partial charge in [-0.05, 0) is 17.5 Å². The van der Waals surface area contributed by atoms with Crippen LogP contribution < -0.4 is 4.90 Å². The summed E-state index contributed by atoms with van der Waals surface area (Å²) in [5.74, 6) is 0.506. The van der Waals surface area contributed by atoms with Gasteiger partial charge in [0.05, 0.1) is 0 Å². The van der Waals surface area contributed by atoms with Gasteiger partial charge >= 0.3 is 0 Å². The lowest BCUT2D eigenvalue weighted by atomic mass is 10.0. The van der Waals surface area contributed by atoms with E-state index in [1.165, 1.54) is 5.56 Å². The third kappa shape index (κ3) is 3.69. The number of hydrogen-bond acceptors (Lipinski definition) is 1. The normalized spacial score (nSPS) is 9.44. The molecule has 0 heterocycles. The number of anilines is 1. The summed E-state index contributed by atoms with van der Waals surface area (Å²) >= 11 is 0. The van der Waals surface area contributed by atoms with E-state index in [9.17, 15) is 4.79 Å². The van der Waals surface area contributed by atoms with Gasteiger partial charge in [0.25, 0.3) is 0 Å². The highest BCUT2D eigenvalue weighted by molar-refractivity contribution is 5.91. The highest BCUT2D eigenvalue weighted by Gasteiger charge is 2.11. The Kier molecular flexibility index (Phi) is 6.47. The van der Waals surface area contributed by atoms with E-state index < -0.39 is 0 Å². The number of rotatable bonds is 2. The van der Waals surface area contributed by atoms with E-state index >= 15 is 0 Å². The van der Waals surface area contributed by atoms with E-state index in [2.05, 4.69) is 19.9 Å². The maximum absolute atomic E-state index is 11.2. The summed E-state index contributed by atoms with van der Waals surface area (Å²) in [6.45, 7) is 9.84. The maximum atomic E-state index is 11.2. The van der Waals surface area contributed by atoms with Crippen LogP contribution in [0.15, 0.2) is 24.3 Å². The lowest BCUT2D eigenvalue weighted by Gasteiger charge is -2.20. The first-order valence-electron chi connectivity index (χ1n) is 5.87. The quantitative estimate of drug-likeness (QED) is 0.743. The Bertz CT molecular complexity index is 331. The molecule has 16 heavy (non-hydrogen) atoms. The number of carbonyl (C=O) groups is 1. The fourth-order valence-electron chi connectivity index (χ4n) is 1.45. The number of amides is 1. The summed E-state index contributed by atoms with van der Waals surface area (Å²) in [7, 11) is 1.81. The van der Waals surface area contributed by atoms with Crippen molar-refractivity contribution < 1.29 is 4.79 Å². The van der Waals surface area contributed by atoms with Crippen molar-refractivity contribution in [1.29, 1.82) is 0 Å². The Labute approximate surface area is 99.3 Å². The van der Waals surface area contributed by atoms with Crippen LogP contribution in [0.1, 0.15) is 46.1 Å². The number of benzene rings is 1. The van der Waals surface area contributed by atoms with Crippen LogP contribution in [0.4, 0.5) is 5.69 Å².